The van der Waals surface area contributed by atoms with Gasteiger partial charge in [0.05, 0.1) is 40.0 Å². The number of nitrogens with zero attached hydrogens (tertiary/aromatic N) is 3. The number of nitro groups is 1. The maximum atomic E-state index is 13.2. The number of anilines is 2. The molecule has 0 atom stereocenters. The van der Waals surface area contributed by atoms with Crippen LogP contribution in [-0.2, 0) is 4.74 Å². The molecule has 2 N–H and O–H groups in total. The lowest BCUT2D eigenvalue weighted by Gasteiger charge is -2.30. The van der Waals surface area contributed by atoms with Crippen LogP contribution in [0.25, 0.3) is 22.6 Å². The molecule has 0 bridgehead atoms. The molecule has 1 aliphatic rings. The Hall–Kier alpha value is -3.58. The Morgan fingerprint density at radius 1 is 1.13 bits per heavy atom. The number of nitro benzene ring substituents is 1. The van der Waals surface area contributed by atoms with Crippen LogP contribution in [0, 0.1) is 10.1 Å². The summed E-state index contributed by atoms with van der Waals surface area (Å²) in [6, 6.07) is 14.8. The zero-order chi connectivity index (χ0) is 26.8. The number of morpholine rings is 1. The lowest BCUT2D eigenvalue weighted by molar-refractivity contribution is -0.384. The normalized spacial score (nSPS) is 13.4. The van der Waals surface area contributed by atoms with Crippen molar-refractivity contribution in [1.29, 1.82) is 0 Å². The molecule has 1 saturated heterocycles. The molecular formula is C25H19BrClN5O5S. The number of oxazole rings is 1. The molecule has 1 fully saturated rings. The highest BCUT2D eigenvalue weighted by Gasteiger charge is 2.23. The Kier molecular flexibility index (Phi) is 7.56. The lowest BCUT2D eigenvalue weighted by atomic mass is 10.1. The van der Waals surface area contributed by atoms with Crippen LogP contribution in [0.2, 0.25) is 5.02 Å². The van der Waals surface area contributed by atoms with Gasteiger partial charge < -0.3 is 19.4 Å². The number of nitrogens with one attached hydrogen (secondary N) is 2. The van der Waals surface area contributed by atoms with Gasteiger partial charge >= 0.3 is 0 Å². The SMILES string of the molecule is O=C(NC(=S)Nc1ccc2oc(-c3cc(Br)ccc3Cl)nc2c1)c1cc([N+](=O)[O-])ccc1N1CCOCC1. The van der Waals surface area contributed by atoms with E-state index in [4.69, 9.17) is 33.0 Å². The summed E-state index contributed by atoms with van der Waals surface area (Å²) in [6.45, 7) is 2.12. The Labute approximate surface area is 235 Å². The number of hydrogen-bond donors (Lipinski definition) is 2. The van der Waals surface area contributed by atoms with E-state index >= 15 is 0 Å². The average Bonchev–Trinajstić information content (AvgIpc) is 3.33. The summed E-state index contributed by atoms with van der Waals surface area (Å²) >= 11 is 15.1. The van der Waals surface area contributed by atoms with Gasteiger partial charge in [0.25, 0.3) is 11.6 Å². The number of aromatic nitrogens is 1. The molecule has 4 aromatic rings. The van der Waals surface area contributed by atoms with Crippen molar-refractivity contribution in [1.82, 2.24) is 10.3 Å². The first kappa shape index (κ1) is 26.0. The molecule has 0 saturated carbocycles. The molecule has 0 spiro atoms. The summed E-state index contributed by atoms with van der Waals surface area (Å²) in [7, 11) is 0. The largest absolute Gasteiger partial charge is 0.436 e. The summed E-state index contributed by atoms with van der Waals surface area (Å²) in [5, 5.41) is 17.4. The number of ether oxygens (including phenoxy) is 1. The Morgan fingerprint density at radius 3 is 2.68 bits per heavy atom. The summed E-state index contributed by atoms with van der Waals surface area (Å²) in [4.78, 5) is 30.4. The van der Waals surface area contributed by atoms with Crippen LogP contribution < -0.4 is 15.5 Å². The van der Waals surface area contributed by atoms with E-state index in [-0.39, 0.29) is 16.4 Å². The monoisotopic (exact) mass is 615 g/mol. The number of benzene rings is 3. The van der Waals surface area contributed by atoms with Crippen LogP contribution in [0.5, 0.6) is 0 Å². The van der Waals surface area contributed by atoms with E-state index < -0.39 is 10.8 Å². The molecule has 10 nitrogen and oxygen atoms in total. The number of hydrogen-bond acceptors (Lipinski definition) is 8. The van der Waals surface area contributed by atoms with Crippen molar-refractivity contribution >= 4 is 78.9 Å². The van der Waals surface area contributed by atoms with Gasteiger partial charge in [0, 0.05) is 35.4 Å². The van der Waals surface area contributed by atoms with Gasteiger partial charge in [0.1, 0.15) is 5.52 Å². The van der Waals surface area contributed by atoms with Crippen molar-refractivity contribution in [3.05, 3.63) is 79.8 Å². The molecule has 3 aromatic carbocycles. The minimum Gasteiger partial charge on any atom is -0.436 e. The minimum absolute atomic E-state index is 0.0209. The Balaban J connectivity index is 1.34. The molecular weight excluding hydrogens is 598 g/mol. The fraction of sp³-hybridized carbons (Fsp3) is 0.160. The summed E-state index contributed by atoms with van der Waals surface area (Å²) in [5.41, 5.74) is 2.84. The summed E-state index contributed by atoms with van der Waals surface area (Å²) in [5.74, 6) is -0.206. The molecule has 1 amide bonds. The first-order valence-corrected chi connectivity index (χ1v) is 13.0. The smallest absolute Gasteiger partial charge is 0.270 e. The quantitative estimate of drug-likeness (QED) is 0.163. The van der Waals surface area contributed by atoms with Crippen molar-refractivity contribution < 1.29 is 18.9 Å². The molecule has 194 valence electrons. The molecule has 1 aromatic heterocycles. The molecule has 2 heterocycles. The second kappa shape index (κ2) is 11.0. The highest BCUT2D eigenvalue weighted by atomic mass is 79.9. The number of carbonyl (C=O) groups is 1. The molecule has 5 rings (SSSR count). The van der Waals surface area contributed by atoms with Gasteiger partial charge in [-0.25, -0.2) is 4.98 Å². The van der Waals surface area contributed by atoms with E-state index in [0.29, 0.717) is 65.3 Å². The van der Waals surface area contributed by atoms with Gasteiger partial charge in [-0.05, 0) is 54.7 Å². The molecule has 38 heavy (non-hydrogen) atoms. The number of amides is 1. The van der Waals surface area contributed by atoms with Crippen molar-refractivity contribution in [3.8, 4) is 11.5 Å². The first-order valence-electron chi connectivity index (χ1n) is 11.4. The predicted octanol–water partition coefficient (Wildman–Crippen LogP) is 5.78. The Morgan fingerprint density at radius 2 is 1.92 bits per heavy atom. The third-order valence-electron chi connectivity index (χ3n) is 5.82. The number of carbonyl (C=O) groups excluding carboxylic acids is 1. The number of rotatable bonds is 5. The zero-order valence-corrected chi connectivity index (χ0v) is 22.7. The maximum absolute atomic E-state index is 13.2. The molecule has 1 aliphatic heterocycles. The highest BCUT2D eigenvalue weighted by Crippen LogP contribution is 2.33. The third kappa shape index (κ3) is 5.63. The van der Waals surface area contributed by atoms with E-state index in [1.807, 2.05) is 17.0 Å². The van der Waals surface area contributed by atoms with Crippen LogP contribution in [0.3, 0.4) is 0 Å². The second-order valence-corrected chi connectivity index (χ2v) is 10.0. The zero-order valence-electron chi connectivity index (χ0n) is 19.6. The predicted molar refractivity (Wildman–Crippen MR) is 152 cm³/mol. The van der Waals surface area contributed by atoms with Crippen LogP contribution in [0.15, 0.2) is 63.5 Å². The molecule has 0 radical (unpaired) electrons. The fourth-order valence-electron chi connectivity index (χ4n) is 4.01. The van der Waals surface area contributed by atoms with Gasteiger partial charge in [-0.1, -0.05) is 27.5 Å². The number of fused-ring (bicyclic) bond motifs is 1. The van der Waals surface area contributed by atoms with E-state index in [1.54, 1.807) is 30.3 Å². The number of thiocarbonyl (C=S) groups is 1. The van der Waals surface area contributed by atoms with Gasteiger partial charge in [0.15, 0.2) is 10.7 Å². The minimum atomic E-state index is -0.568. The van der Waals surface area contributed by atoms with E-state index in [2.05, 4.69) is 31.5 Å². The summed E-state index contributed by atoms with van der Waals surface area (Å²) < 4.78 is 12.1. The van der Waals surface area contributed by atoms with Gasteiger partial charge in [-0.2, -0.15) is 0 Å². The second-order valence-electron chi connectivity index (χ2n) is 8.29. The van der Waals surface area contributed by atoms with E-state index in [1.165, 1.54) is 12.1 Å². The Bertz CT molecular complexity index is 1570. The average molecular weight is 617 g/mol. The standard InChI is InChI=1S/C25H19BrClN5O5S/c26-14-1-4-19(27)17(11-14)24-29-20-12-15(2-6-22(20)37-24)28-25(38)30-23(33)18-13-16(32(34)35)3-5-21(18)31-7-9-36-10-8-31/h1-6,11-13H,7-10H2,(H2,28,30,33,38). The van der Waals surface area contributed by atoms with Crippen molar-refractivity contribution in [2.75, 3.05) is 36.5 Å². The molecule has 13 heteroatoms. The van der Waals surface area contributed by atoms with Crippen molar-refractivity contribution in [3.63, 3.8) is 0 Å². The van der Waals surface area contributed by atoms with Crippen LogP contribution >= 0.6 is 39.7 Å². The third-order valence-corrected chi connectivity index (χ3v) is 6.85. The van der Waals surface area contributed by atoms with E-state index in [9.17, 15) is 14.9 Å². The fourth-order valence-corrected chi connectivity index (χ4v) is 4.78. The topological polar surface area (TPSA) is 123 Å². The molecule has 0 aliphatic carbocycles. The van der Waals surface area contributed by atoms with Gasteiger partial charge in [0.2, 0.25) is 5.89 Å². The maximum Gasteiger partial charge on any atom is 0.270 e. The number of non-ortho nitro benzene ring substituents is 1. The summed E-state index contributed by atoms with van der Waals surface area (Å²) in [6.07, 6.45) is 0. The van der Waals surface area contributed by atoms with Crippen LogP contribution in [0.1, 0.15) is 10.4 Å². The van der Waals surface area contributed by atoms with Gasteiger partial charge in [-0.3, -0.25) is 20.2 Å². The van der Waals surface area contributed by atoms with Gasteiger partial charge in [-0.15, -0.1) is 0 Å². The van der Waals surface area contributed by atoms with Crippen LogP contribution in [-0.4, -0.2) is 47.2 Å². The lowest BCUT2D eigenvalue weighted by Crippen LogP contribution is -2.39. The number of halogens is 2. The molecule has 0 unspecified atom stereocenters. The van der Waals surface area contributed by atoms with Crippen molar-refractivity contribution in [2.24, 2.45) is 0 Å². The van der Waals surface area contributed by atoms with Crippen molar-refractivity contribution in [2.45, 2.75) is 0 Å². The van der Waals surface area contributed by atoms with Crippen LogP contribution in [0.4, 0.5) is 17.1 Å². The first-order chi connectivity index (χ1) is 18.3. The van der Waals surface area contributed by atoms with E-state index in [0.717, 1.165) is 4.47 Å². The highest BCUT2D eigenvalue weighted by molar-refractivity contribution is 9.10.